The van der Waals surface area contributed by atoms with Crippen LogP contribution in [0.25, 0.3) is 0 Å². The van der Waals surface area contributed by atoms with Crippen LogP contribution in [0.15, 0.2) is 24.3 Å². The fourth-order valence-corrected chi connectivity index (χ4v) is 1.07. The van der Waals surface area contributed by atoms with Gasteiger partial charge in [-0.05, 0) is 30.7 Å². The highest BCUT2D eigenvalue weighted by Crippen LogP contribution is 2.10. The SMILES string of the molecule is CC.NCCc1cccc(Cl)c1. The Morgan fingerprint density at radius 2 is 2.00 bits per heavy atom. The molecule has 68 valence electrons. The molecular formula is C10H16ClN. The molecule has 0 aromatic heterocycles. The van der Waals surface area contributed by atoms with Gasteiger partial charge >= 0.3 is 0 Å². The first-order valence-electron chi connectivity index (χ1n) is 4.27. The normalized spacial score (nSPS) is 8.67. The van der Waals surface area contributed by atoms with Crippen molar-refractivity contribution in [1.29, 1.82) is 0 Å². The first-order valence-corrected chi connectivity index (χ1v) is 4.65. The second-order valence-corrected chi connectivity index (χ2v) is 2.61. The van der Waals surface area contributed by atoms with E-state index in [9.17, 15) is 0 Å². The Kier molecular flexibility index (Phi) is 6.82. The summed E-state index contributed by atoms with van der Waals surface area (Å²) in [7, 11) is 0. The third-order valence-electron chi connectivity index (χ3n) is 1.32. The maximum absolute atomic E-state index is 5.74. The second-order valence-electron chi connectivity index (χ2n) is 2.17. The van der Waals surface area contributed by atoms with Gasteiger partial charge in [-0.15, -0.1) is 0 Å². The molecule has 1 rings (SSSR count). The molecule has 2 N–H and O–H groups in total. The molecule has 0 spiro atoms. The molecule has 2 heteroatoms. The molecule has 0 aliphatic rings. The van der Waals surface area contributed by atoms with Crippen molar-refractivity contribution in [2.24, 2.45) is 5.73 Å². The minimum Gasteiger partial charge on any atom is -0.330 e. The topological polar surface area (TPSA) is 26.0 Å². The van der Waals surface area contributed by atoms with E-state index >= 15 is 0 Å². The van der Waals surface area contributed by atoms with Crippen LogP contribution >= 0.6 is 11.6 Å². The quantitative estimate of drug-likeness (QED) is 0.754. The van der Waals surface area contributed by atoms with Gasteiger partial charge in [-0.2, -0.15) is 0 Å². The van der Waals surface area contributed by atoms with E-state index in [4.69, 9.17) is 17.3 Å². The van der Waals surface area contributed by atoms with Crippen molar-refractivity contribution in [2.75, 3.05) is 6.54 Å². The zero-order valence-corrected chi connectivity index (χ0v) is 8.43. The smallest absolute Gasteiger partial charge is 0.0408 e. The van der Waals surface area contributed by atoms with Crippen molar-refractivity contribution in [2.45, 2.75) is 20.3 Å². The van der Waals surface area contributed by atoms with E-state index in [-0.39, 0.29) is 0 Å². The molecule has 0 radical (unpaired) electrons. The zero-order valence-electron chi connectivity index (χ0n) is 7.68. The molecule has 1 aromatic rings. The summed E-state index contributed by atoms with van der Waals surface area (Å²) in [6, 6.07) is 7.77. The molecule has 0 saturated heterocycles. The average Bonchev–Trinajstić information content (AvgIpc) is 2.09. The molecular weight excluding hydrogens is 170 g/mol. The molecule has 0 aliphatic heterocycles. The average molecular weight is 186 g/mol. The molecule has 0 heterocycles. The molecule has 1 aromatic carbocycles. The fourth-order valence-electron chi connectivity index (χ4n) is 0.859. The second kappa shape index (κ2) is 7.14. The summed E-state index contributed by atoms with van der Waals surface area (Å²) in [4.78, 5) is 0. The Labute approximate surface area is 79.5 Å². The molecule has 0 atom stereocenters. The van der Waals surface area contributed by atoms with Gasteiger partial charge in [-0.25, -0.2) is 0 Å². The van der Waals surface area contributed by atoms with Gasteiger partial charge in [0.05, 0.1) is 0 Å². The molecule has 1 nitrogen and oxygen atoms in total. The summed E-state index contributed by atoms with van der Waals surface area (Å²) in [6.07, 6.45) is 0.903. The van der Waals surface area contributed by atoms with Gasteiger partial charge in [0.2, 0.25) is 0 Å². The predicted molar refractivity (Wildman–Crippen MR) is 55.6 cm³/mol. The number of hydrogen-bond acceptors (Lipinski definition) is 1. The summed E-state index contributed by atoms with van der Waals surface area (Å²) >= 11 is 5.74. The highest BCUT2D eigenvalue weighted by atomic mass is 35.5. The minimum absolute atomic E-state index is 0.681. The van der Waals surface area contributed by atoms with Crippen LogP contribution in [0.2, 0.25) is 5.02 Å². The lowest BCUT2D eigenvalue weighted by Crippen LogP contribution is -2.02. The Morgan fingerprint density at radius 3 is 2.50 bits per heavy atom. The largest absolute Gasteiger partial charge is 0.330 e. The van der Waals surface area contributed by atoms with Crippen molar-refractivity contribution in [1.82, 2.24) is 0 Å². The summed E-state index contributed by atoms with van der Waals surface area (Å²) in [6.45, 7) is 4.68. The highest BCUT2D eigenvalue weighted by Gasteiger charge is 1.90. The van der Waals surface area contributed by atoms with Crippen LogP contribution in [-0.4, -0.2) is 6.54 Å². The van der Waals surface area contributed by atoms with E-state index in [1.54, 1.807) is 0 Å². The molecule has 0 aliphatic carbocycles. The lowest BCUT2D eigenvalue weighted by atomic mass is 10.2. The number of halogens is 1. The highest BCUT2D eigenvalue weighted by molar-refractivity contribution is 6.30. The van der Waals surface area contributed by atoms with E-state index in [1.807, 2.05) is 38.1 Å². The lowest BCUT2D eigenvalue weighted by molar-refractivity contribution is 0.969. The number of hydrogen-bond donors (Lipinski definition) is 1. The van der Waals surface area contributed by atoms with Crippen LogP contribution in [0, 0.1) is 0 Å². The third-order valence-corrected chi connectivity index (χ3v) is 1.56. The fraction of sp³-hybridized carbons (Fsp3) is 0.400. The third kappa shape index (κ3) is 4.37. The van der Waals surface area contributed by atoms with Gasteiger partial charge in [0.25, 0.3) is 0 Å². The summed E-state index contributed by atoms with van der Waals surface area (Å²) < 4.78 is 0. The maximum Gasteiger partial charge on any atom is 0.0408 e. The van der Waals surface area contributed by atoms with Crippen LogP contribution in [0.4, 0.5) is 0 Å². The van der Waals surface area contributed by atoms with Crippen molar-refractivity contribution < 1.29 is 0 Å². The van der Waals surface area contributed by atoms with Crippen LogP contribution in [0.5, 0.6) is 0 Å². The van der Waals surface area contributed by atoms with E-state index in [0.29, 0.717) is 6.54 Å². The molecule has 0 fully saturated rings. The lowest BCUT2D eigenvalue weighted by Gasteiger charge is -1.96. The van der Waals surface area contributed by atoms with Gasteiger partial charge in [0.1, 0.15) is 0 Å². The van der Waals surface area contributed by atoms with Crippen molar-refractivity contribution in [3.8, 4) is 0 Å². The van der Waals surface area contributed by atoms with Crippen molar-refractivity contribution >= 4 is 11.6 Å². The number of benzene rings is 1. The summed E-state index contributed by atoms with van der Waals surface area (Å²) in [5.41, 5.74) is 6.57. The van der Waals surface area contributed by atoms with E-state index in [0.717, 1.165) is 11.4 Å². The zero-order chi connectivity index (χ0) is 9.40. The molecule has 0 amide bonds. The van der Waals surface area contributed by atoms with Crippen molar-refractivity contribution in [3.63, 3.8) is 0 Å². The van der Waals surface area contributed by atoms with Crippen molar-refractivity contribution in [3.05, 3.63) is 34.9 Å². The molecule has 12 heavy (non-hydrogen) atoms. The van der Waals surface area contributed by atoms with Gasteiger partial charge < -0.3 is 5.73 Å². The van der Waals surface area contributed by atoms with Crippen LogP contribution in [-0.2, 0) is 6.42 Å². The summed E-state index contributed by atoms with van der Waals surface area (Å²) in [5, 5.41) is 0.783. The molecule has 0 saturated carbocycles. The first kappa shape index (κ1) is 11.5. The maximum atomic E-state index is 5.74. The summed E-state index contributed by atoms with van der Waals surface area (Å²) in [5.74, 6) is 0. The standard InChI is InChI=1S/C8H10ClN.C2H6/c9-8-3-1-2-7(6-8)4-5-10;1-2/h1-3,6H,4-5,10H2;1-2H3. The minimum atomic E-state index is 0.681. The van der Waals surface area contributed by atoms with E-state index in [2.05, 4.69) is 0 Å². The predicted octanol–water partition coefficient (Wildman–Crippen LogP) is 2.87. The van der Waals surface area contributed by atoms with Crippen LogP contribution in [0.1, 0.15) is 19.4 Å². The molecule has 0 bridgehead atoms. The van der Waals surface area contributed by atoms with Gasteiger partial charge in [0.15, 0.2) is 0 Å². The monoisotopic (exact) mass is 185 g/mol. The first-order chi connectivity index (χ1) is 5.83. The Balaban J connectivity index is 0.000000561. The van der Waals surface area contributed by atoms with Gasteiger partial charge in [-0.3, -0.25) is 0 Å². The molecule has 0 unspecified atom stereocenters. The van der Waals surface area contributed by atoms with Gasteiger partial charge in [-0.1, -0.05) is 37.6 Å². The number of nitrogens with two attached hydrogens (primary N) is 1. The Bertz CT molecular complexity index is 211. The Morgan fingerprint density at radius 1 is 1.33 bits per heavy atom. The van der Waals surface area contributed by atoms with Gasteiger partial charge in [0, 0.05) is 5.02 Å². The van der Waals surface area contributed by atoms with E-state index < -0.39 is 0 Å². The van der Waals surface area contributed by atoms with Crippen LogP contribution < -0.4 is 5.73 Å². The Hall–Kier alpha value is -0.530. The van der Waals surface area contributed by atoms with Crippen LogP contribution in [0.3, 0.4) is 0 Å². The number of rotatable bonds is 2. The van der Waals surface area contributed by atoms with E-state index in [1.165, 1.54) is 5.56 Å².